The molecule has 0 N–H and O–H groups in total. The Labute approximate surface area is 221 Å². The van der Waals surface area contributed by atoms with Crippen molar-refractivity contribution in [1.82, 2.24) is 0 Å². The maximum atomic E-state index is 6.35. The number of methoxy groups -OCH3 is 1. The van der Waals surface area contributed by atoms with Crippen molar-refractivity contribution in [3.63, 3.8) is 0 Å². The van der Waals surface area contributed by atoms with Gasteiger partial charge in [-0.3, -0.25) is 0 Å². The van der Waals surface area contributed by atoms with Gasteiger partial charge in [0.05, 0.1) is 19.3 Å². The van der Waals surface area contributed by atoms with Gasteiger partial charge in [0.25, 0.3) is 0 Å². The van der Waals surface area contributed by atoms with Crippen LogP contribution < -0.4 is 0 Å². The monoisotopic (exact) mass is 499 g/mol. The van der Waals surface area contributed by atoms with E-state index in [9.17, 15) is 0 Å². The maximum absolute atomic E-state index is 6.35. The van der Waals surface area contributed by atoms with Crippen LogP contribution in [0, 0.1) is 0 Å². The second kappa shape index (κ2) is 31.9. The third-order valence-corrected chi connectivity index (χ3v) is 7.23. The minimum atomic E-state index is 0.479. The first-order valence-corrected chi connectivity index (χ1v) is 16.0. The Morgan fingerprint density at radius 3 is 1.23 bits per heavy atom. The minimum absolute atomic E-state index is 0.479. The Morgan fingerprint density at radius 1 is 0.400 bits per heavy atom. The summed E-state index contributed by atoms with van der Waals surface area (Å²) in [7, 11) is 1.72. The van der Waals surface area contributed by atoms with Gasteiger partial charge in [-0.2, -0.15) is 0 Å². The molecule has 0 fully saturated rings. The van der Waals surface area contributed by atoms with E-state index in [1.54, 1.807) is 7.11 Å². The lowest BCUT2D eigenvalue weighted by Crippen LogP contribution is -2.14. The summed E-state index contributed by atoms with van der Waals surface area (Å²) in [5.41, 5.74) is 0. The van der Waals surface area contributed by atoms with Crippen molar-refractivity contribution < 1.29 is 14.2 Å². The topological polar surface area (TPSA) is 27.7 Å². The highest BCUT2D eigenvalue weighted by Gasteiger charge is 2.09. The molecule has 0 aliphatic carbocycles. The fourth-order valence-electron chi connectivity index (χ4n) is 4.83. The van der Waals surface area contributed by atoms with Crippen LogP contribution in [-0.4, -0.2) is 39.6 Å². The molecule has 3 heteroatoms. The second-order valence-corrected chi connectivity index (χ2v) is 10.7. The maximum Gasteiger partial charge on any atom is 0.0700 e. The number of ether oxygens (including phenoxy) is 3. The van der Waals surface area contributed by atoms with E-state index in [4.69, 9.17) is 14.2 Å². The lowest BCUT2D eigenvalue weighted by atomic mass is 10.0. The molecule has 0 aliphatic heterocycles. The molecule has 0 saturated carbocycles. The molecular weight excluding hydrogens is 432 g/mol. The molecule has 0 unspecified atom stereocenters. The molecule has 0 aliphatic rings. The first-order valence-electron chi connectivity index (χ1n) is 16.0. The van der Waals surface area contributed by atoms with Crippen LogP contribution in [0.2, 0.25) is 0 Å². The molecule has 0 aromatic rings. The molecule has 0 atom stereocenters. The fourth-order valence-corrected chi connectivity index (χ4v) is 4.83. The third-order valence-electron chi connectivity index (χ3n) is 7.23. The minimum Gasteiger partial charge on any atom is -0.382 e. The Morgan fingerprint density at radius 2 is 0.800 bits per heavy atom. The molecule has 3 nitrogen and oxygen atoms in total. The molecule has 0 bridgehead atoms. The van der Waals surface area contributed by atoms with Crippen LogP contribution in [-0.2, 0) is 14.2 Å². The van der Waals surface area contributed by atoms with Gasteiger partial charge in [-0.1, -0.05) is 142 Å². The molecule has 35 heavy (non-hydrogen) atoms. The largest absolute Gasteiger partial charge is 0.382 e. The zero-order valence-electron chi connectivity index (χ0n) is 24.6. The number of hydrogen-bond acceptors (Lipinski definition) is 3. The molecule has 0 aromatic heterocycles. The average molecular weight is 499 g/mol. The normalized spacial score (nSPS) is 11.7. The first kappa shape index (κ1) is 34.9. The smallest absolute Gasteiger partial charge is 0.0700 e. The fraction of sp³-hybridized carbons (Fsp3) is 1.00. The van der Waals surface area contributed by atoms with Crippen molar-refractivity contribution in [2.45, 2.75) is 174 Å². The van der Waals surface area contributed by atoms with Crippen LogP contribution in [0.25, 0.3) is 0 Å². The lowest BCUT2D eigenvalue weighted by molar-refractivity contribution is 0.0280. The standard InChI is InChI=1S/C32H66O3/c1-4-6-8-10-12-14-16-18-20-22-26-32(35-29-25-24-28-34-31-30-33-3)27-23-21-19-17-15-13-11-9-7-5-2/h32H,4-31H2,1-3H3. The molecule has 0 radical (unpaired) electrons. The van der Waals surface area contributed by atoms with Crippen molar-refractivity contribution in [3.8, 4) is 0 Å². The molecular formula is C32H66O3. The molecule has 0 aromatic carbocycles. The number of unbranched alkanes of at least 4 members (excludes halogenated alkanes) is 19. The highest BCUT2D eigenvalue weighted by Crippen LogP contribution is 2.18. The van der Waals surface area contributed by atoms with Gasteiger partial charge < -0.3 is 14.2 Å². The van der Waals surface area contributed by atoms with Gasteiger partial charge in [-0.25, -0.2) is 0 Å². The zero-order valence-corrected chi connectivity index (χ0v) is 24.6. The van der Waals surface area contributed by atoms with Crippen LogP contribution in [0.4, 0.5) is 0 Å². The molecule has 0 amide bonds. The Hall–Kier alpha value is -0.120. The molecule has 0 heterocycles. The van der Waals surface area contributed by atoms with Gasteiger partial charge in [-0.05, 0) is 25.7 Å². The van der Waals surface area contributed by atoms with Gasteiger partial charge in [0.15, 0.2) is 0 Å². The van der Waals surface area contributed by atoms with Crippen LogP contribution in [0.1, 0.15) is 168 Å². The van der Waals surface area contributed by atoms with Crippen LogP contribution >= 0.6 is 0 Å². The van der Waals surface area contributed by atoms with E-state index < -0.39 is 0 Å². The Bertz CT molecular complexity index is 337. The lowest BCUT2D eigenvalue weighted by Gasteiger charge is -2.18. The molecule has 0 saturated heterocycles. The number of hydrogen-bond donors (Lipinski definition) is 0. The van der Waals surface area contributed by atoms with E-state index in [1.165, 1.54) is 141 Å². The summed E-state index contributed by atoms with van der Waals surface area (Å²) in [6.45, 7) is 7.72. The van der Waals surface area contributed by atoms with Crippen molar-refractivity contribution in [1.29, 1.82) is 0 Å². The Balaban J connectivity index is 3.84. The predicted octanol–water partition coefficient (Wildman–Crippen LogP) is 10.4. The molecule has 0 rings (SSSR count). The summed E-state index contributed by atoms with van der Waals surface area (Å²) in [6.07, 6.45) is 33.4. The highest BCUT2D eigenvalue weighted by molar-refractivity contribution is 4.61. The van der Waals surface area contributed by atoms with Crippen LogP contribution in [0.15, 0.2) is 0 Å². The molecule has 212 valence electrons. The zero-order chi connectivity index (χ0) is 25.5. The van der Waals surface area contributed by atoms with Gasteiger partial charge in [0, 0.05) is 20.3 Å². The third kappa shape index (κ3) is 30.0. The van der Waals surface area contributed by atoms with E-state index in [0.717, 1.165) is 26.1 Å². The summed E-state index contributed by atoms with van der Waals surface area (Å²) < 4.78 is 17.0. The van der Waals surface area contributed by atoms with Gasteiger partial charge >= 0.3 is 0 Å². The van der Waals surface area contributed by atoms with Gasteiger partial charge in [0.1, 0.15) is 0 Å². The average Bonchev–Trinajstić information content (AvgIpc) is 2.87. The van der Waals surface area contributed by atoms with Crippen LogP contribution in [0.3, 0.4) is 0 Å². The van der Waals surface area contributed by atoms with E-state index in [1.807, 2.05) is 0 Å². The number of rotatable bonds is 31. The predicted molar refractivity (Wildman–Crippen MR) is 155 cm³/mol. The SMILES string of the molecule is CCCCCCCCCCCCC(CCCCCCCCCCCC)OCCCCOCCOC. The summed E-state index contributed by atoms with van der Waals surface area (Å²) in [4.78, 5) is 0. The van der Waals surface area contributed by atoms with Crippen molar-refractivity contribution >= 4 is 0 Å². The van der Waals surface area contributed by atoms with Gasteiger partial charge in [0.2, 0.25) is 0 Å². The first-order chi connectivity index (χ1) is 17.3. The van der Waals surface area contributed by atoms with Gasteiger partial charge in [-0.15, -0.1) is 0 Å². The molecule has 0 spiro atoms. The quantitative estimate of drug-likeness (QED) is 0.0889. The van der Waals surface area contributed by atoms with Crippen LogP contribution in [0.5, 0.6) is 0 Å². The van der Waals surface area contributed by atoms with Crippen molar-refractivity contribution in [3.05, 3.63) is 0 Å². The van der Waals surface area contributed by atoms with E-state index >= 15 is 0 Å². The summed E-state index contributed by atoms with van der Waals surface area (Å²) in [5, 5.41) is 0. The summed E-state index contributed by atoms with van der Waals surface area (Å²) in [5.74, 6) is 0. The summed E-state index contributed by atoms with van der Waals surface area (Å²) in [6, 6.07) is 0. The highest BCUT2D eigenvalue weighted by atomic mass is 16.5. The van der Waals surface area contributed by atoms with E-state index in [2.05, 4.69) is 13.8 Å². The van der Waals surface area contributed by atoms with E-state index in [-0.39, 0.29) is 0 Å². The summed E-state index contributed by atoms with van der Waals surface area (Å²) >= 11 is 0. The van der Waals surface area contributed by atoms with Crippen molar-refractivity contribution in [2.75, 3.05) is 33.5 Å². The Kier molecular flexibility index (Phi) is 31.8. The van der Waals surface area contributed by atoms with Crippen molar-refractivity contribution in [2.24, 2.45) is 0 Å². The second-order valence-electron chi connectivity index (χ2n) is 10.7. The van der Waals surface area contributed by atoms with E-state index in [0.29, 0.717) is 19.3 Å².